The summed E-state index contributed by atoms with van der Waals surface area (Å²) in [6.07, 6.45) is 2.23. The molecule has 0 saturated carbocycles. The molecule has 0 saturated heterocycles. The van der Waals surface area contributed by atoms with Crippen molar-refractivity contribution in [3.8, 4) is 22.4 Å². The molecule has 26 heavy (non-hydrogen) atoms. The molecule has 1 aliphatic heterocycles. The van der Waals surface area contributed by atoms with Gasteiger partial charge in [0, 0.05) is 26.0 Å². The molecule has 4 rings (SSSR count). The summed E-state index contributed by atoms with van der Waals surface area (Å²) < 4.78 is 2.45. The molecule has 3 aromatic rings. The third-order valence-electron chi connectivity index (χ3n) is 6.66. The monoisotopic (exact) mass is 342 g/mol. The smallest absolute Gasteiger partial charge is 0.193 e. The summed E-state index contributed by atoms with van der Waals surface area (Å²) in [5, 5.41) is 0. The van der Waals surface area contributed by atoms with E-state index in [1.54, 1.807) is 0 Å². The Hall–Kier alpha value is -2.41. The predicted octanol–water partition coefficient (Wildman–Crippen LogP) is 5.95. The number of hydrogen-bond acceptors (Lipinski definition) is 0. The van der Waals surface area contributed by atoms with Gasteiger partial charge in [-0.05, 0) is 62.1 Å². The number of rotatable bonds is 1. The molecular formula is C25H28N+. The highest BCUT2D eigenvalue weighted by molar-refractivity contribution is 5.76. The maximum atomic E-state index is 2.45. The van der Waals surface area contributed by atoms with Crippen LogP contribution >= 0.6 is 0 Å². The van der Waals surface area contributed by atoms with E-state index in [-0.39, 0.29) is 11.0 Å². The molecule has 0 unspecified atom stereocenters. The second-order valence-corrected chi connectivity index (χ2v) is 8.72. The van der Waals surface area contributed by atoms with Gasteiger partial charge in [0.1, 0.15) is 0 Å². The number of pyridine rings is 1. The van der Waals surface area contributed by atoms with E-state index in [1.165, 1.54) is 39.1 Å². The van der Waals surface area contributed by atoms with Crippen LogP contribution in [0.15, 0.2) is 60.8 Å². The summed E-state index contributed by atoms with van der Waals surface area (Å²) >= 11 is 0. The first kappa shape index (κ1) is 17.0. The molecule has 2 aromatic carbocycles. The molecule has 1 aliphatic rings. The summed E-state index contributed by atoms with van der Waals surface area (Å²) in [4.78, 5) is 0. The first-order chi connectivity index (χ1) is 12.2. The second kappa shape index (κ2) is 5.54. The number of hydrogen-bond donors (Lipinski definition) is 0. The largest absolute Gasteiger partial charge is 0.213 e. The molecule has 2 heterocycles. The lowest BCUT2D eigenvalue weighted by Crippen LogP contribution is -2.65. The van der Waals surface area contributed by atoms with Crippen LogP contribution in [0, 0.1) is 13.8 Å². The van der Waals surface area contributed by atoms with Gasteiger partial charge in [-0.3, -0.25) is 0 Å². The highest BCUT2D eigenvalue weighted by Gasteiger charge is 2.52. The van der Waals surface area contributed by atoms with Gasteiger partial charge in [0.15, 0.2) is 11.7 Å². The summed E-state index contributed by atoms with van der Waals surface area (Å²) in [5.74, 6) is 0. The number of aryl methyl sites for hydroxylation is 2. The Kier molecular flexibility index (Phi) is 3.63. The molecule has 0 radical (unpaired) electrons. The molecule has 1 aromatic heterocycles. The number of benzene rings is 2. The Bertz CT molecular complexity index is 1010. The van der Waals surface area contributed by atoms with Crippen molar-refractivity contribution >= 4 is 0 Å². The zero-order valence-electron chi connectivity index (χ0n) is 16.7. The van der Waals surface area contributed by atoms with Crippen molar-refractivity contribution in [3.63, 3.8) is 0 Å². The zero-order chi connectivity index (χ0) is 18.7. The lowest BCUT2D eigenvalue weighted by Gasteiger charge is -2.42. The van der Waals surface area contributed by atoms with Gasteiger partial charge >= 0.3 is 0 Å². The maximum Gasteiger partial charge on any atom is 0.213 e. The van der Waals surface area contributed by atoms with Gasteiger partial charge in [-0.2, -0.15) is 4.57 Å². The van der Waals surface area contributed by atoms with Crippen LogP contribution in [0.1, 0.15) is 44.4 Å². The van der Waals surface area contributed by atoms with E-state index in [0.29, 0.717) is 0 Å². The molecule has 0 atom stereocenters. The number of nitrogens with zero attached hydrogens (tertiary/aromatic N) is 1. The normalized spacial score (nSPS) is 16.7. The van der Waals surface area contributed by atoms with E-state index < -0.39 is 0 Å². The van der Waals surface area contributed by atoms with Crippen LogP contribution in [-0.2, 0) is 11.0 Å². The average Bonchev–Trinajstić information content (AvgIpc) is 2.62. The van der Waals surface area contributed by atoms with Gasteiger partial charge < -0.3 is 0 Å². The van der Waals surface area contributed by atoms with Crippen LogP contribution in [0.25, 0.3) is 22.4 Å². The Morgan fingerprint density at radius 3 is 2.31 bits per heavy atom. The quantitative estimate of drug-likeness (QED) is 0.481. The SMILES string of the molecule is Cc1ccc(C)c(-c2ccc3c(c2)-c2cccc[n+]2C(C)(C)C3(C)C)c1. The molecular weight excluding hydrogens is 314 g/mol. The van der Waals surface area contributed by atoms with Crippen molar-refractivity contribution in [3.05, 3.63) is 77.5 Å². The average molecular weight is 343 g/mol. The summed E-state index contributed by atoms with van der Waals surface area (Å²) in [6, 6.07) is 20.3. The molecule has 0 amide bonds. The standard InChI is InChI=1S/C25H28N/c1-17-10-11-18(2)20(15-17)19-12-13-22-21(16-19)23-9-7-8-14-26(23)25(5,6)24(22,3)4/h7-16H,1-6H3/q+1. The van der Waals surface area contributed by atoms with Crippen LogP contribution in [0.5, 0.6) is 0 Å². The van der Waals surface area contributed by atoms with E-state index in [2.05, 4.69) is 107 Å². The van der Waals surface area contributed by atoms with E-state index >= 15 is 0 Å². The molecule has 0 bridgehead atoms. The van der Waals surface area contributed by atoms with Crippen LogP contribution in [0.2, 0.25) is 0 Å². The molecule has 0 N–H and O–H groups in total. The molecule has 132 valence electrons. The molecule has 0 spiro atoms. The van der Waals surface area contributed by atoms with Gasteiger partial charge in [-0.15, -0.1) is 0 Å². The van der Waals surface area contributed by atoms with Crippen molar-refractivity contribution in [1.29, 1.82) is 0 Å². The lowest BCUT2D eigenvalue weighted by molar-refractivity contribution is -0.760. The first-order valence-corrected chi connectivity index (χ1v) is 9.47. The lowest BCUT2D eigenvalue weighted by atomic mass is 9.65. The van der Waals surface area contributed by atoms with Gasteiger partial charge in [0.2, 0.25) is 5.69 Å². The fraction of sp³-hybridized carbons (Fsp3) is 0.320. The summed E-state index contributed by atoms with van der Waals surface area (Å²) in [7, 11) is 0. The predicted molar refractivity (Wildman–Crippen MR) is 109 cm³/mol. The molecule has 1 heteroatoms. The van der Waals surface area contributed by atoms with Crippen molar-refractivity contribution in [2.45, 2.75) is 52.5 Å². The highest BCUT2D eigenvalue weighted by Crippen LogP contribution is 2.46. The first-order valence-electron chi connectivity index (χ1n) is 9.47. The minimum atomic E-state index is 0.0113. The van der Waals surface area contributed by atoms with Gasteiger partial charge in [-0.25, -0.2) is 0 Å². The Labute approximate surface area is 157 Å². The minimum absolute atomic E-state index is 0.0113. The third-order valence-corrected chi connectivity index (χ3v) is 6.66. The fourth-order valence-electron chi connectivity index (χ4n) is 4.30. The van der Waals surface area contributed by atoms with Crippen molar-refractivity contribution in [1.82, 2.24) is 0 Å². The van der Waals surface area contributed by atoms with Crippen LogP contribution in [0.3, 0.4) is 0 Å². The molecule has 1 nitrogen and oxygen atoms in total. The van der Waals surface area contributed by atoms with Crippen LogP contribution in [-0.4, -0.2) is 0 Å². The van der Waals surface area contributed by atoms with Crippen LogP contribution < -0.4 is 4.57 Å². The Morgan fingerprint density at radius 1 is 0.769 bits per heavy atom. The summed E-state index contributed by atoms with van der Waals surface area (Å²) in [5.41, 5.74) is 9.41. The highest BCUT2D eigenvalue weighted by atomic mass is 15.1. The van der Waals surface area contributed by atoms with E-state index in [9.17, 15) is 0 Å². The van der Waals surface area contributed by atoms with E-state index in [1.807, 2.05) is 0 Å². The van der Waals surface area contributed by atoms with Gasteiger partial charge in [-0.1, -0.05) is 35.9 Å². The second-order valence-electron chi connectivity index (χ2n) is 8.72. The van der Waals surface area contributed by atoms with Crippen LogP contribution in [0.4, 0.5) is 0 Å². The molecule has 0 aliphatic carbocycles. The van der Waals surface area contributed by atoms with Crippen molar-refractivity contribution in [2.75, 3.05) is 0 Å². The zero-order valence-corrected chi connectivity index (χ0v) is 16.7. The Morgan fingerprint density at radius 2 is 1.54 bits per heavy atom. The Balaban J connectivity index is 2.01. The minimum Gasteiger partial charge on any atom is -0.193 e. The summed E-state index contributed by atoms with van der Waals surface area (Å²) in [6.45, 7) is 13.8. The third kappa shape index (κ3) is 2.26. The topological polar surface area (TPSA) is 3.88 Å². The van der Waals surface area contributed by atoms with E-state index in [0.717, 1.165) is 0 Å². The van der Waals surface area contributed by atoms with Gasteiger partial charge in [0.25, 0.3) is 0 Å². The number of aromatic nitrogens is 1. The fourth-order valence-corrected chi connectivity index (χ4v) is 4.30. The number of fused-ring (bicyclic) bond motifs is 3. The van der Waals surface area contributed by atoms with Gasteiger partial charge in [0.05, 0.1) is 11.0 Å². The molecule has 0 fully saturated rings. The maximum absolute atomic E-state index is 2.45. The van der Waals surface area contributed by atoms with Crippen molar-refractivity contribution < 1.29 is 4.57 Å². The van der Waals surface area contributed by atoms with Crippen molar-refractivity contribution in [2.24, 2.45) is 0 Å². The van der Waals surface area contributed by atoms with E-state index in [4.69, 9.17) is 0 Å².